The number of hydrogen-bond donors (Lipinski definition) is 1. The van der Waals surface area contributed by atoms with Gasteiger partial charge in [0.15, 0.2) is 29.4 Å². The molecule has 0 aromatic heterocycles. The van der Waals surface area contributed by atoms with Gasteiger partial charge in [0.2, 0.25) is 5.78 Å². The van der Waals surface area contributed by atoms with Gasteiger partial charge in [-0.15, -0.1) is 0 Å². The maximum absolute atomic E-state index is 14.4. The average Bonchev–Trinajstić information content (AvgIpc) is 2.96. The van der Waals surface area contributed by atoms with Crippen LogP contribution in [-0.4, -0.2) is 28.7 Å². The number of hydrogen-bond acceptors (Lipinski definition) is 6. The van der Waals surface area contributed by atoms with E-state index in [1.807, 2.05) is 0 Å². The standard InChI is InChI=1S/C17H12F2N2O4/c1-6-8-4-7-5-9(18)12(19)16-13(7)21(17(8)25-20-6)10-2-3-11(22)14(23)15(10)24-16/h4-5,7,13,17,20H,1-3H2. The number of Topliss-reactive ketones (excluding diaryl/α,β-unsaturated/α-hetero) is 2. The second-order valence-corrected chi connectivity index (χ2v) is 6.43. The summed E-state index contributed by atoms with van der Waals surface area (Å²) in [5, 5.41) is 0. The predicted octanol–water partition coefficient (Wildman–Crippen LogP) is 1.81. The monoisotopic (exact) mass is 346 g/mol. The summed E-state index contributed by atoms with van der Waals surface area (Å²) in [4.78, 5) is 31.2. The Hall–Kier alpha value is -2.74. The Kier molecular flexibility index (Phi) is 2.72. The highest BCUT2D eigenvalue weighted by Gasteiger charge is 2.53. The van der Waals surface area contributed by atoms with Crippen molar-refractivity contribution >= 4 is 11.6 Å². The van der Waals surface area contributed by atoms with Crippen molar-refractivity contribution in [3.05, 3.63) is 58.9 Å². The zero-order valence-corrected chi connectivity index (χ0v) is 12.8. The van der Waals surface area contributed by atoms with Crippen LogP contribution < -0.4 is 5.48 Å². The number of nitrogens with one attached hydrogen (secondary N) is 1. The van der Waals surface area contributed by atoms with Crippen molar-refractivity contribution in [2.75, 3.05) is 0 Å². The van der Waals surface area contributed by atoms with Gasteiger partial charge in [-0.1, -0.05) is 12.7 Å². The molecular weight excluding hydrogens is 334 g/mol. The van der Waals surface area contributed by atoms with Crippen LogP contribution in [0.25, 0.3) is 0 Å². The summed E-state index contributed by atoms with van der Waals surface area (Å²) in [6, 6.07) is -0.680. The van der Waals surface area contributed by atoms with Crippen molar-refractivity contribution in [2.24, 2.45) is 5.92 Å². The van der Waals surface area contributed by atoms with E-state index in [4.69, 9.17) is 9.57 Å². The number of carbonyl (C=O) groups is 2. The second kappa shape index (κ2) is 4.66. The van der Waals surface area contributed by atoms with Gasteiger partial charge in [0.1, 0.15) is 6.04 Å². The van der Waals surface area contributed by atoms with E-state index in [9.17, 15) is 18.4 Å². The summed E-state index contributed by atoms with van der Waals surface area (Å²) in [5.74, 6) is -4.70. The molecule has 1 N–H and O–H groups in total. The molecule has 0 bridgehead atoms. The molecule has 3 aliphatic heterocycles. The van der Waals surface area contributed by atoms with Crippen molar-refractivity contribution in [1.29, 1.82) is 0 Å². The minimum atomic E-state index is -1.16. The topological polar surface area (TPSA) is 67.9 Å². The minimum absolute atomic E-state index is 0.0424. The van der Waals surface area contributed by atoms with Gasteiger partial charge in [-0.3, -0.25) is 15.1 Å². The number of nitrogens with zero attached hydrogens (tertiary/aromatic N) is 1. The Balaban J connectivity index is 1.76. The quantitative estimate of drug-likeness (QED) is 0.675. The van der Waals surface area contributed by atoms with E-state index >= 15 is 0 Å². The lowest BCUT2D eigenvalue weighted by Crippen LogP contribution is -2.55. The number of ketones is 2. The molecule has 6 nitrogen and oxygen atoms in total. The van der Waals surface area contributed by atoms with Crippen LogP contribution in [-0.2, 0) is 19.2 Å². The van der Waals surface area contributed by atoms with Crippen LogP contribution in [0.2, 0.25) is 0 Å². The van der Waals surface area contributed by atoms with E-state index in [0.29, 0.717) is 17.0 Å². The smallest absolute Gasteiger partial charge is 0.265 e. The lowest BCUT2D eigenvalue weighted by Gasteiger charge is -2.49. The molecule has 0 aromatic rings. The van der Waals surface area contributed by atoms with Gasteiger partial charge in [-0.05, 0) is 12.5 Å². The zero-order chi connectivity index (χ0) is 17.5. The second-order valence-electron chi connectivity index (χ2n) is 6.43. The molecule has 0 amide bonds. The van der Waals surface area contributed by atoms with Crippen molar-refractivity contribution in [3.8, 4) is 0 Å². The Bertz CT molecular complexity index is 898. The Morgan fingerprint density at radius 1 is 1.24 bits per heavy atom. The number of carbonyl (C=O) groups excluding carboxylic acids is 2. The fraction of sp³-hybridized carbons (Fsp3) is 0.294. The molecule has 0 aromatic carbocycles. The van der Waals surface area contributed by atoms with E-state index in [0.717, 1.165) is 0 Å². The SMILES string of the molecule is C=C1NOC2C1=CC1C=C(F)C(F)=C3OC4=C(CCC(=O)C4=O)N2C31. The van der Waals surface area contributed by atoms with Crippen LogP contribution >= 0.6 is 0 Å². The molecule has 5 rings (SSSR count). The maximum atomic E-state index is 14.4. The first-order valence-corrected chi connectivity index (χ1v) is 7.84. The summed E-state index contributed by atoms with van der Waals surface area (Å²) in [7, 11) is 0. The molecule has 1 fully saturated rings. The van der Waals surface area contributed by atoms with Crippen LogP contribution in [0, 0.1) is 5.92 Å². The average molecular weight is 346 g/mol. The van der Waals surface area contributed by atoms with Gasteiger partial charge in [0.25, 0.3) is 5.78 Å². The van der Waals surface area contributed by atoms with Gasteiger partial charge >= 0.3 is 0 Å². The molecule has 3 unspecified atom stereocenters. The molecule has 5 aliphatic rings. The van der Waals surface area contributed by atoms with Gasteiger partial charge < -0.3 is 9.64 Å². The first-order chi connectivity index (χ1) is 12.0. The predicted molar refractivity (Wildman–Crippen MR) is 79.0 cm³/mol. The van der Waals surface area contributed by atoms with Crippen LogP contribution in [0.5, 0.6) is 0 Å². The number of halogens is 2. The highest BCUT2D eigenvalue weighted by molar-refractivity contribution is 6.43. The fourth-order valence-corrected chi connectivity index (χ4v) is 3.94. The molecule has 8 heteroatoms. The van der Waals surface area contributed by atoms with Gasteiger partial charge in [0.05, 0.1) is 11.4 Å². The number of hydroxylamine groups is 1. The van der Waals surface area contributed by atoms with E-state index in [1.54, 1.807) is 11.0 Å². The Morgan fingerprint density at radius 2 is 2.04 bits per heavy atom. The first-order valence-electron chi connectivity index (χ1n) is 7.84. The Labute approximate surface area is 140 Å². The van der Waals surface area contributed by atoms with Gasteiger partial charge in [0, 0.05) is 17.9 Å². The maximum Gasteiger partial charge on any atom is 0.265 e. The van der Waals surface area contributed by atoms with Crippen molar-refractivity contribution in [2.45, 2.75) is 25.1 Å². The summed E-state index contributed by atoms with van der Waals surface area (Å²) in [6.07, 6.45) is 2.59. The van der Waals surface area contributed by atoms with Crippen LogP contribution in [0.3, 0.4) is 0 Å². The third kappa shape index (κ3) is 1.74. The van der Waals surface area contributed by atoms with Gasteiger partial charge in [-0.2, -0.15) is 4.39 Å². The molecule has 3 atom stereocenters. The molecule has 0 spiro atoms. The van der Waals surface area contributed by atoms with E-state index in [2.05, 4.69) is 12.1 Å². The summed E-state index contributed by atoms with van der Waals surface area (Å²) in [6.45, 7) is 3.85. The van der Waals surface area contributed by atoms with Crippen LogP contribution in [0.15, 0.2) is 58.9 Å². The van der Waals surface area contributed by atoms with E-state index in [1.165, 1.54) is 6.08 Å². The zero-order valence-electron chi connectivity index (χ0n) is 12.8. The highest BCUT2D eigenvalue weighted by atomic mass is 19.2. The molecule has 0 saturated carbocycles. The Morgan fingerprint density at radius 3 is 2.84 bits per heavy atom. The molecule has 2 aliphatic carbocycles. The number of ether oxygens (including phenoxy) is 1. The van der Waals surface area contributed by atoms with Crippen molar-refractivity contribution in [3.63, 3.8) is 0 Å². The molecule has 3 heterocycles. The summed E-state index contributed by atoms with van der Waals surface area (Å²) >= 11 is 0. The molecule has 1 saturated heterocycles. The van der Waals surface area contributed by atoms with Crippen molar-refractivity contribution in [1.82, 2.24) is 10.4 Å². The largest absolute Gasteiger partial charge is 0.450 e. The lowest BCUT2D eigenvalue weighted by atomic mass is 9.82. The summed E-state index contributed by atoms with van der Waals surface area (Å²) in [5.41, 5.74) is 4.34. The van der Waals surface area contributed by atoms with Crippen LogP contribution in [0.4, 0.5) is 8.78 Å². The van der Waals surface area contributed by atoms with Gasteiger partial charge in [-0.25, -0.2) is 9.23 Å². The van der Waals surface area contributed by atoms with E-state index in [-0.39, 0.29) is 24.4 Å². The third-order valence-corrected chi connectivity index (χ3v) is 5.06. The lowest BCUT2D eigenvalue weighted by molar-refractivity contribution is -0.139. The first kappa shape index (κ1) is 14.6. The minimum Gasteiger partial charge on any atom is -0.450 e. The summed E-state index contributed by atoms with van der Waals surface area (Å²) < 4.78 is 33.9. The fourth-order valence-electron chi connectivity index (χ4n) is 3.94. The van der Waals surface area contributed by atoms with Crippen molar-refractivity contribution < 1.29 is 27.9 Å². The molecule has 128 valence electrons. The third-order valence-electron chi connectivity index (χ3n) is 5.06. The number of fused-ring (bicyclic) bond motifs is 3. The normalized spacial score (nSPS) is 33.3. The highest BCUT2D eigenvalue weighted by Crippen LogP contribution is 2.49. The van der Waals surface area contributed by atoms with E-state index < -0.39 is 41.4 Å². The molecule has 0 radical (unpaired) electrons. The number of allylic oxidation sites excluding steroid dienone is 4. The van der Waals surface area contributed by atoms with Crippen LogP contribution in [0.1, 0.15) is 12.8 Å². The molecular formula is C17H12F2N2O4. The number of rotatable bonds is 0. The molecule has 25 heavy (non-hydrogen) atoms.